The number of hydrogen-bond donors (Lipinski definition) is 1. The Morgan fingerprint density at radius 3 is 2.74 bits per heavy atom. The van der Waals surface area contributed by atoms with E-state index in [0.29, 0.717) is 11.7 Å². The van der Waals surface area contributed by atoms with Gasteiger partial charge in [0.25, 0.3) is 5.91 Å². The first-order valence-electron chi connectivity index (χ1n) is 6.61. The Morgan fingerprint density at radius 2 is 2.21 bits per heavy atom. The number of likely N-dealkylation sites (tertiary alicyclic amines) is 1. The molecule has 2 atom stereocenters. The summed E-state index contributed by atoms with van der Waals surface area (Å²) in [5, 5.41) is 0. The van der Waals surface area contributed by atoms with Gasteiger partial charge in [-0.05, 0) is 45.6 Å². The quantitative estimate of drug-likeness (QED) is 0.909. The number of halogens is 1. The minimum Gasteiger partial charge on any atom is -0.456 e. The molecule has 1 aliphatic rings. The van der Waals surface area contributed by atoms with Gasteiger partial charge in [0.1, 0.15) is 5.76 Å². The Morgan fingerprint density at radius 1 is 1.53 bits per heavy atom. The summed E-state index contributed by atoms with van der Waals surface area (Å²) in [7, 11) is 0. The molecule has 4 nitrogen and oxygen atoms in total. The molecular weight excluding hydrogens is 264 g/mol. The van der Waals surface area contributed by atoms with Crippen LogP contribution in [0, 0.1) is 19.8 Å². The fraction of sp³-hybridized carbons (Fsp3) is 0.643. The SMILES string of the molecule is Cc1cc(C)c(C(=O)N2CCCC(C(C)N)C2)o1.Cl. The second kappa shape index (κ2) is 6.44. The molecule has 1 aliphatic heterocycles. The molecule has 1 amide bonds. The third-order valence-corrected chi connectivity index (χ3v) is 3.72. The molecule has 108 valence electrons. The molecule has 1 aromatic rings. The standard InChI is InChI=1S/C14H22N2O2.ClH/c1-9-7-10(2)18-13(9)14(17)16-6-4-5-12(8-16)11(3)15;/h7,11-12H,4-6,8,15H2,1-3H3;1H. The van der Waals surface area contributed by atoms with Crippen molar-refractivity contribution in [3.63, 3.8) is 0 Å². The fourth-order valence-corrected chi connectivity index (χ4v) is 2.62. The van der Waals surface area contributed by atoms with Gasteiger partial charge in [0.2, 0.25) is 0 Å². The van der Waals surface area contributed by atoms with E-state index in [4.69, 9.17) is 10.2 Å². The molecule has 1 aromatic heterocycles. The highest BCUT2D eigenvalue weighted by molar-refractivity contribution is 5.93. The number of amides is 1. The van der Waals surface area contributed by atoms with Crippen molar-refractivity contribution in [1.29, 1.82) is 0 Å². The maximum absolute atomic E-state index is 12.4. The van der Waals surface area contributed by atoms with Crippen LogP contribution in [0.1, 0.15) is 41.6 Å². The Labute approximate surface area is 120 Å². The van der Waals surface area contributed by atoms with Gasteiger partial charge in [0, 0.05) is 24.7 Å². The largest absolute Gasteiger partial charge is 0.456 e. The van der Waals surface area contributed by atoms with Crippen molar-refractivity contribution in [2.24, 2.45) is 11.7 Å². The molecule has 0 aromatic carbocycles. The number of furan rings is 1. The first-order chi connectivity index (χ1) is 8.49. The van der Waals surface area contributed by atoms with Crippen molar-refractivity contribution >= 4 is 18.3 Å². The zero-order valence-corrected chi connectivity index (χ0v) is 12.6. The van der Waals surface area contributed by atoms with Gasteiger partial charge in [-0.15, -0.1) is 12.4 Å². The van der Waals surface area contributed by atoms with Crippen LogP contribution in [-0.4, -0.2) is 29.9 Å². The van der Waals surface area contributed by atoms with E-state index < -0.39 is 0 Å². The molecule has 0 aliphatic carbocycles. The van der Waals surface area contributed by atoms with E-state index in [1.165, 1.54) is 0 Å². The van der Waals surface area contributed by atoms with Crippen LogP contribution < -0.4 is 5.73 Å². The van der Waals surface area contributed by atoms with Crippen LogP contribution in [0.3, 0.4) is 0 Å². The van der Waals surface area contributed by atoms with Crippen LogP contribution in [0.25, 0.3) is 0 Å². The van der Waals surface area contributed by atoms with Gasteiger partial charge in [-0.25, -0.2) is 0 Å². The van der Waals surface area contributed by atoms with Crippen molar-refractivity contribution in [3.8, 4) is 0 Å². The van der Waals surface area contributed by atoms with Gasteiger partial charge in [0.15, 0.2) is 5.76 Å². The molecule has 2 unspecified atom stereocenters. The minimum atomic E-state index is 0. The fourth-order valence-electron chi connectivity index (χ4n) is 2.62. The Balaban J connectivity index is 0.00000180. The van der Waals surface area contributed by atoms with Gasteiger partial charge in [-0.2, -0.15) is 0 Å². The average molecular weight is 287 g/mol. The maximum Gasteiger partial charge on any atom is 0.289 e. The summed E-state index contributed by atoms with van der Waals surface area (Å²) in [4.78, 5) is 14.3. The third kappa shape index (κ3) is 3.51. The number of aryl methyl sites for hydroxylation is 2. The highest BCUT2D eigenvalue weighted by atomic mass is 35.5. The van der Waals surface area contributed by atoms with Gasteiger partial charge >= 0.3 is 0 Å². The molecule has 0 radical (unpaired) electrons. The summed E-state index contributed by atoms with van der Waals surface area (Å²) in [6.07, 6.45) is 2.13. The van der Waals surface area contributed by atoms with Crippen LogP contribution in [0.2, 0.25) is 0 Å². The van der Waals surface area contributed by atoms with E-state index in [9.17, 15) is 4.79 Å². The summed E-state index contributed by atoms with van der Waals surface area (Å²) in [5.74, 6) is 1.68. The first kappa shape index (κ1) is 16.1. The average Bonchev–Trinajstić information content (AvgIpc) is 2.67. The lowest BCUT2D eigenvalue weighted by molar-refractivity contribution is 0.0626. The highest BCUT2D eigenvalue weighted by Crippen LogP contribution is 2.22. The third-order valence-electron chi connectivity index (χ3n) is 3.72. The molecule has 2 heterocycles. The van der Waals surface area contributed by atoms with E-state index in [2.05, 4.69) is 0 Å². The smallest absolute Gasteiger partial charge is 0.289 e. The molecule has 2 rings (SSSR count). The zero-order valence-electron chi connectivity index (χ0n) is 11.8. The lowest BCUT2D eigenvalue weighted by Crippen LogP contribution is -2.45. The molecular formula is C14H23ClN2O2. The number of piperidine rings is 1. The number of nitrogens with two attached hydrogens (primary N) is 1. The van der Waals surface area contributed by atoms with Crippen LogP contribution in [0.5, 0.6) is 0 Å². The number of rotatable bonds is 2. The Hall–Kier alpha value is -1.00. The van der Waals surface area contributed by atoms with E-state index in [1.807, 2.05) is 31.7 Å². The molecule has 0 saturated carbocycles. The van der Waals surface area contributed by atoms with Crippen LogP contribution in [0.15, 0.2) is 10.5 Å². The summed E-state index contributed by atoms with van der Waals surface area (Å²) in [6.45, 7) is 7.35. The molecule has 19 heavy (non-hydrogen) atoms. The summed E-state index contributed by atoms with van der Waals surface area (Å²) >= 11 is 0. The van der Waals surface area contributed by atoms with Crippen molar-refractivity contribution in [2.45, 2.75) is 39.7 Å². The Kier molecular flexibility index (Phi) is 5.44. The van der Waals surface area contributed by atoms with Crippen LogP contribution >= 0.6 is 12.4 Å². The summed E-state index contributed by atoms with van der Waals surface area (Å²) in [6, 6.07) is 2.04. The van der Waals surface area contributed by atoms with E-state index in [1.54, 1.807) is 0 Å². The van der Waals surface area contributed by atoms with E-state index >= 15 is 0 Å². The lowest BCUT2D eigenvalue weighted by Gasteiger charge is -2.34. The number of carbonyl (C=O) groups is 1. The van der Waals surface area contributed by atoms with Crippen LogP contribution in [0.4, 0.5) is 0 Å². The van der Waals surface area contributed by atoms with E-state index in [0.717, 1.165) is 37.3 Å². The van der Waals surface area contributed by atoms with Gasteiger partial charge in [-0.1, -0.05) is 0 Å². The molecule has 0 spiro atoms. The number of nitrogens with zero attached hydrogens (tertiary/aromatic N) is 1. The number of hydrogen-bond acceptors (Lipinski definition) is 3. The first-order valence-corrected chi connectivity index (χ1v) is 6.61. The maximum atomic E-state index is 12.4. The van der Waals surface area contributed by atoms with Crippen molar-refractivity contribution in [1.82, 2.24) is 4.90 Å². The second-order valence-electron chi connectivity index (χ2n) is 5.38. The Bertz CT molecular complexity index is 443. The van der Waals surface area contributed by atoms with Crippen molar-refractivity contribution < 1.29 is 9.21 Å². The van der Waals surface area contributed by atoms with E-state index in [-0.39, 0.29) is 24.4 Å². The van der Waals surface area contributed by atoms with Gasteiger partial charge < -0.3 is 15.1 Å². The normalized spacial score (nSPS) is 20.8. The molecule has 1 fully saturated rings. The molecule has 2 N–H and O–H groups in total. The summed E-state index contributed by atoms with van der Waals surface area (Å²) < 4.78 is 5.50. The number of carbonyl (C=O) groups excluding carboxylic acids is 1. The minimum absolute atomic E-state index is 0. The second-order valence-corrected chi connectivity index (χ2v) is 5.38. The van der Waals surface area contributed by atoms with Crippen molar-refractivity contribution in [3.05, 3.63) is 23.2 Å². The monoisotopic (exact) mass is 286 g/mol. The van der Waals surface area contributed by atoms with Gasteiger partial charge in [0.05, 0.1) is 0 Å². The van der Waals surface area contributed by atoms with Crippen molar-refractivity contribution in [2.75, 3.05) is 13.1 Å². The summed E-state index contributed by atoms with van der Waals surface area (Å²) in [5.41, 5.74) is 6.86. The lowest BCUT2D eigenvalue weighted by atomic mass is 9.92. The van der Waals surface area contributed by atoms with Crippen LogP contribution in [-0.2, 0) is 0 Å². The van der Waals surface area contributed by atoms with Gasteiger partial charge in [-0.3, -0.25) is 4.79 Å². The zero-order chi connectivity index (χ0) is 13.3. The molecule has 5 heteroatoms. The molecule has 0 bridgehead atoms. The predicted molar refractivity (Wildman–Crippen MR) is 77.7 cm³/mol. The topological polar surface area (TPSA) is 59.5 Å². The molecule has 1 saturated heterocycles. The predicted octanol–water partition coefficient (Wildman–Crippen LogP) is 2.52. The highest BCUT2D eigenvalue weighted by Gasteiger charge is 2.28.